The van der Waals surface area contributed by atoms with Crippen molar-refractivity contribution in [3.8, 4) is 6.07 Å². The number of fused-ring (bicyclic) bond motifs is 1. The molecule has 16 heavy (non-hydrogen) atoms. The molecular formula is C12H19N3O. The summed E-state index contributed by atoms with van der Waals surface area (Å²) < 4.78 is 0. The molecule has 4 saturated heterocycles. The fraction of sp³-hybridized carbons (Fsp3) is 0.917. The molecule has 3 atom stereocenters. The van der Waals surface area contributed by atoms with Crippen LogP contribution in [0.3, 0.4) is 0 Å². The summed E-state index contributed by atoms with van der Waals surface area (Å²) in [7, 11) is 0. The molecule has 0 aromatic heterocycles. The van der Waals surface area contributed by atoms with Gasteiger partial charge in [-0.2, -0.15) is 5.26 Å². The quantitative estimate of drug-likeness (QED) is 0.628. The Bertz CT molecular complexity index is 335. The van der Waals surface area contributed by atoms with Crippen LogP contribution in [-0.4, -0.2) is 59.8 Å². The molecule has 0 aromatic rings. The molecule has 0 amide bonds. The average Bonchev–Trinajstić information content (AvgIpc) is 2.54. The summed E-state index contributed by atoms with van der Waals surface area (Å²) >= 11 is 0. The molecule has 4 heterocycles. The first kappa shape index (κ1) is 10.5. The Kier molecular flexibility index (Phi) is 2.10. The first-order valence-electron chi connectivity index (χ1n) is 6.22. The van der Waals surface area contributed by atoms with Crippen LogP contribution in [0.25, 0.3) is 0 Å². The first-order valence-corrected chi connectivity index (χ1v) is 6.22. The van der Waals surface area contributed by atoms with Gasteiger partial charge in [0.05, 0.1) is 6.07 Å². The summed E-state index contributed by atoms with van der Waals surface area (Å²) in [4.78, 5) is 4.87. The van der Waals surface area contributed by atoms with Crippen LogP contribution in [0, 0.1) is 22.7 Å². The maximum absolute atomic E-state index is 10.8. The molecule has 0 spiro atoms. The molecule has 0 radical (unpaired) electrons. The summed E-state index contributed by atoms with van der Waals surface area (Å²) in [5.41, 5.74) is -1.32. The Morgan fingerprint density at radius 1 is 1.31 bits per heavy atom. The predicted octanol–water partition coefficient (Wildman–Crippen LogP) is -0.102. The third-order valence-electron chi connectivity index (χ3n) is 4.99. The molecule has 4 rings (SSSR count). The van der Waals surface area contributed by atoms with Crippen molar-refractivity contribution in [2.75, 3.05) is 39.3 Å². The molecule has 2 unspecified atom stereocenters. The molecule has 4 heteroatoms. The first-order chi connectivity index (χ1) is 7.63. The Labute approximate surface area is 96.4 Å². The maximum Gasteiger partial charge on any atom is 0.164 e. The molecule has 4 aliphatic heterocycles. The second-order valence-corrected chi connectivity index (χ2v) is 5.68. The van der Waals surface area contributed by atoms with E-state index in [2.05, 4.69) is 22.8 Å². The lowest BCUT2D eigenvalue weighted by Crippen LogP contribution is -2.70. The van der Waals surface area contributed by atoms with Crippen molar-refractivity contribution in [3.05, 3.63) is 0 Å². The van der Waals surface area contributed by atoms with E-state index in [1.165, 1.54) is 0 Å². The summed E-state index contributed by atoms with van der Waals surface area (Å²) in [6.07, 6.45) is 0.889. The van der Waals surface area contributed by atoms with Gasteiger partial charge in [0.2, 0.25) is 0 Å². The topological polar surface area (TPSA) is 50.5 Å². The number of piperidine rings is 2. The Morgan fingerprint density at radius 2 is 1.88 bits per heavy atom. The van der Waals surface area contributed by atoms with Gasteiger partial charge in [-0.3, -0.25) is 0 Å². The second-order valence-electron chi connectivity index (χ2n) is 5.68. The molecule has 4 fully saturated rings. The number of aliphatic hydroxyl groups is 1. The summed E-state index contributed by atoms with van der Waals surface area (Å²) in [6, 6.07) is 2.25. The van der Waals surface area contributed by atoms with Crippen LogP contribution < -0.4 is 0 Å². The highest BCUT2D eigenvalue weighted by molar-refractivity contribution is 5.22. The lowest BCUT2D eigenvalue weighted by Gasteiger charge is -2.57. The van der Waals surface area contributed by atoms with Crippen molar-refractivity contribution in [1.82, 2.24) is 9.80 Å². The highest BCUT2D eigenvalue weighted by Gasteiger charge is 2.62. The van der Waals surface area contributed by atoms with Crippen LogP contribution in [0.5, 0.6) is 0 Å². The molecule has 4 aliphatic rings. The molecule has 4 nitrogen and oxygen atoms in total. The monoisotopic (exact) mass is 221 g/mol. The number of nitrogens with zero attached hydrogens (tertiary/aromatic N) is 3. The summed E-state index contributed by atoms with van der Waals surface area (Å²) in [5.74, 6) is 0.113. The van der Waals surface area contributed by atoms with E-state index >= 15 is 0 Å². The molecule has 0 saturated carbocycles. The summed E-state index contributed by atoms with van der Waals surface area (Å²) in [5, 5.41) is 20.2. The number of hydrogen-bond acceptors (Lipinski definition) is 4. The minimum Gasteiger partial charge on any atom is -0.374 e. The lowest BCUT2D eigenvalue weighted by atomic mass is 9.59. The minimum atomic E-state index is -1.10. The van der Waals surface area contributed by atoms with Gasteiger partial charge in [0.1, 0.15) is 0 Å². The number of nitriles is 1. The highest BCUT2D eigenvalue weighted by atomic mass is 16.3. The van der Waals surface area contributed by atoms with Gasteiger partial charge >= 0.3 is 0 Å². The molecule has 0 aliphatic carbocycles. The summed E-state index contributed by atoms with van der Waals surface area (Å²) in [6.45, 7) is 7.86. The predicted molar refractivity (Wildman–Crippen MR) is 59.7 cm³/mol. The van der Waals surface area contributed by atoms with Crippen molar-refractivity contribution in [3.63, 3.8) is 0 Å². The van der Waals surface area contributed by atoms with Crippen LogP contribution in [0.15, 0.2) is 0 Å². The van der Waals surface area contributed by atoms with Crippen molar-refractivity contribution in [2.45, 2.75) is 18.9 Å². The zero-order valence-corrected chi connectivity index (χ0v) is 9.82. The molecule has 4 bridgehead atoms. The Hall–Kier alpha value is -0.630. The lowest BCUT2D eigenvalue weighted by molar-refractivity contribution is -0.165. The van der Waals surface area contributed by atoms with Gasteiger partial charge in [-0.05, 0) is 6.42 Å². The van der Waals surface area contributed by atoms with E-state index in [-0.39, 0.29) is 11.3 Å². The maximum atomic E-state index is 10.8. The van der Waals surface area contributed by atoms with Gasteiger partial charge in [-0.15, -0.1) is 0 Å². The van der Waals surface area contributed by atoms with Crippen LogP contribution in [0.4, 0.5) is 0 Å². The molecule has 1 N–H and O–H groups in total. The standard InChI is InChI=1S/C12H19N3O/c1-2-11-8-14-3-4-15(9-11)6-10(5-14)12(11,16)7-13/h10,16H,2-6,8-9H2,1H3/t10?,11?,12-/m0/s1. The van der Waals surface area contributed by atoms with Crippen molar-refractivity contribution in [2.24, 2.45) is 11.3 Å². The van der Waals surface area contributed by atoms with E-state index in [9.17, 15) is 10.4 Å². The van der Waals surface area contributed by atoms with Crippen LogP contribution in [0.2, 0.25) is 0 Å². The second kappa shape index (κ2) is 3.19. The van der Waals surface area contributed by atoms with Crippen molar-refractivity contribution >= 4 is 0 Å². The largest absolute Gasteiger partial charge is 0.374 e. The minimum absolute atomic E-state index is 0.113. The zero-order valence-electron chi connectivity index (χ0n) is 9.82. The normalized spacial score (nSPS) is 54.7. The van der Waals surface area contributed by atoms with Gasteiger partial charge in [0.25, 0.3) is 0 Å². The fourth-order valence-electron chi connectivity index (χ4n) is 3.98. The average molecular weight is 221 g/mol. The van der Waals surface area contributed by atoms with Gasteiger partial charge in [0, 0.05) is 50.6 Å². The molecular weight excluding hydrogens is 202 g/mol. The number of hydrogen-bond donors (Lipinski definition) is 1. The van der Waals surface area contributed by atoms with Gasteiger partial charge in [0.15, 0.2) is 5.60 Å². The third-order valence-corrected chi connectivity index (χ3v) is 4.99. The van der Waals surface area contributed by atoms with E-state index in [0.717, 1.165) is 45.7 Å². The Morgan fingerprint density at radius 3 is 2.31 bits per heavy atom. The fourth-order valence-corrected chi connectivity index (χ4v) is 3.98. The molecule has 88 valence electrons. The van der Waals surface area contributed by atoms with E-state index in [1.54, 1.807) is 0 Å². The van der Waals surface area contributed by atoms with E-state index in [1.807, 2.05) is 0 Å². The number of rotatable bonds is 1. The van der Waals surface area contributed by atoms with E-state index in [0.29, 0.717) is 0 Å². The highest BCUT2D eigenvalue weighted by Crippen LogP contribution is 2.49. The van der Waals surface area contributed by atoms with E-state index < -0.39 is 5.60 Å². The van der Waals surface area contributed by atoms with E-state index in [4.69, 9.17) is 0 Å². The van der Waals surface area contributed by atoms with Gasteiger partial charge in [-0.1, -0.05) is 6.92 Å². The van der Waals surface area contributed by atoms with Crippen molar-refractivity contribution < 1.29 is 5.11 Å². The van der Waals surface area contributed by atoms with Crippen LogP contribution in [-0.2, 0) is 0 Å². The van der Waals surface area contributed by atoms with Crippen LogP contribution in [0.1, 0.15) is 13.3 Å². The SMILES string of the molecule is CCC12CN3CCN(CC(C3)[C@@]1(O)C#N)C2. The molecule has 0 aromatic carbocycles. The zero-order chi connectivity index (χ0) is 11.4. The van der Waals surface area contributed by atoms with Gasteiger partial charge < -0.3 is 14.9 Å². The van der Waals surface area contributed by atoms with Crippen molar-refractivity contribution in [1.29, 1.82) is 5.26 Å². The smallest absolute Gasteiger partial charge is 0.164 e. The van der Waals surface area contributed by atoms with Gasteiger partial charge in [-0.25, -0.2) is 0 Å². The Balaban J connectivity index is 2.08. The van der Waals surface area contributed by atoms with Crippen LogP contribution >= 0.6 is 0 Å². The third kappa shape index (κ3) is 1.09.